The summed E-state index contributed by atoms with van der Waals surface area (Å²) in [7, 11) is 3.19. The molecule has 2 rings (SSSR count). The van der Waals surface area contributed by atoms with Gasteiger partial charge in [-0.2, -0.15) is 0 Å². The van der Waals surface area contributed by atoms with E-state index in [1.165, 1.54) is 0 Å². The highest BCUT2D eigenvalue weighted by molar-refractivity contribution is 6.16. The number of methoxy groups -OCH3 is 2. The van der Waals surface area contributed by atoms with Gasteiger partial charge in [0.1, 0.15) is 5.76 Å². The number of alkyl halides is 1. The summed E-state index contributed by atoms with van der Waals surface area (Å²) in [6.07, 6.45) is 0. The Balaban J connectivity index is 2.44. The first kappa shape index (κ1) is 12.8. The lowest BCUT2D eigenvalue weighted by Gasteiger charge is -2.07. The van der Waals surface area contributed by atoms with Crippen LogP contribution in [0.3, 0.4) is 0 Å². The van der Waals surface area contributed by atoms with Crippen molar-refractivity contribution in [1.82, 2.24) is 4.98 Å². The van der Waals surface area contributed by atoms with Crippen molar-refractivity contribution < 1.29 is 13.9 Å². The molecule has 0 unspecified atom stereocenters. The molecule has 0 atom stereocenters. The zero-order chi connectivity index (χ0) is 13.1. The average molecular weight is 268 g/mol. The van der Waals surface area contributed by atoms with Gasteiger partial charge in [0.2, 0.25) is 5.89 Å². The summed E-state index contributed by atoms with van der Waals surface area (Å²) in [5.41, 5.74) is 1.58. The molecule has 0 aliphatic carbocycles. The first-order valence-corrected chi connectivity index (χ1v) is 5.97. The molecule has 0 bridgehead atoms. The summed E-state index contributed by atoms with van der Waals surface area (Å²) in [5, 5.41) is 0. The van der Waals surface area contributed by atoms with Crippen LogP contribution in [-0.2, 0) is 5.88 Å². The molecule has 0 amide bonds. The minimum Gasteiger partial charge on any atom is -0.493 e. The van der Waals surface area contributed by atoms with Gasteiger partial charge in [0.05, 0.1) is 25.8 Å². The molecule has 0 saturated heterocycles. The van der Waals surface area contributed by atoms with Gasteiger partial charge in [0, 0.05) is 5.56 Å². The van der Waals surface area contributed by atoms with Crippen molar-refractivity contribution in [2.75, 3.05) is 14.2 Å². The summed E-state index contributed by atoms with van der Waals surface area (Å²) in [6, 6.07) is 5.50. The van der Waals surface area contributed by atoms with Gasteiger partial charge in [-0.3, -0.25) is 0 Å². The predicted octanol–water partition coefficient (Wildman–Crippen LogP) is 3.41. The van der Waals surface area contributed by atoms with Gasteiger partial charge >= 0.3 is 0 Å². The molecule has 0 spiro atoms. The lowest BCUT2D eigenvalue weighted by molar-refractivity contribution is 0.355. The van der Waals surface area contributed by atoms with Crippen LogP contribution in [0.2, 0.25) is 0 Å². The number of ether oxygens (including phenoxy) is 2. The third-order valence-electron chi connectivity index (χ3n) is 2.65. The monoisotopic (exact) mass is 267 g/mol. The molecule has 0 radical (unpaired) electrons. The molecule has 4 nitrogen and oxygen atoms in total. The molecule has 0 aliphatic rings. The first-order valence-electron chi connectivity index (χ1n) is 5.44. The van der Waals surface area contributed by atoms with Crippen LogP contribution in [-0.4, -0.2) is 19.2 Å². The van der Waals surface area contributed by atoms with E-state index in [0.29, 0.717) is 23.3 Å². The van der Waals surface area contributed by atoms with E-state index in [1.807, 2.05) is 25.1 Å². The summed E-state index contributed by atoms with van der Waals surface area (Å²) in [5.74, 6) is 2.90. The molecule has 96 valence electrons. The maximum Gasteiger partial charge on any atom is 0.226 e. The summed E-state index contributed by atoms with van der Waals surface area (Å²) in [6.45, 7) is 1.84. The number of rotatable bonds is 4. The number of halogens is 1. The quantitative estimate of drug-likeness (QED) is 0.797. The molecule has 1 aromatic heterocycles. The van der Waals surface area contributed by atoms with Gasteiger partial charge in [0.15, 0.2) is 11.5 Å². The second kappa shape index (κ2) is 5.31. The Kier molecular flexibility index (Phi) is 3.77. The predicted molar refractivity (Wildman–Crippen MR) is 69.3 cm³/mol. The van der Waals surface area contributed by atoms with Crippen LogP contribution < -0.4 is 9.47 Å². The number of oxazole rings is 1. The largest absolute Gasteiger partial charge is 0.493 e. The standard InChI is InChI=1S/C13H14ClNO3/c1-8-10(7-14)15-13(18-8)9-4-5-11(16-2)12(6-9)17-3/h4-6H,7H2,1-3H3. The fourth-order valence-corrected chi connectivity index (χ4v) is 1.89. The Morgan fingerprint density at radius 3 is 2.50 bits per heavy atom. The summed E-state index contributed by atoms with van der Waals surface area (Å²) < 4.78 is 16.0. The number of aryl methyl sites for hydroxylation is 1. The Bertz CT molecular complexity index is 551. The van der Waals surface area contributed by atoms with Crippen molar-refractivity contribution in [3.63, 3.8) is 0 Å². The third kappa shape index (κ3) is 2.29. The topological polar surface area (TPSA) is 44.5 Å². The van der Waals surface area contributed by atoms with E-state index in [4.69, 9.17) is 25.5 Å². The lowest BCUT2D eigenvalue weighted by atomic mass is 10.2. The Morgan fingerprint density at radius 2 is 1.94 bits per heavy atom. The van der Waals surface area contributed by atoms with Crippen LogP contribution in [0.4, 0.5) is 0 Å². The number of hydrogen-bond acceptors (Lipinski definition) is 4. The highest BCUT2D eigenvalue weighted by atomic mass is 35.5. The molecule has 0 N–H and O–H groups in total. The molecular weight excluding hydrogens is 254 g/mol. The molecule has 1 aromatic carbocycles. The molecule has 0 fully saturated rings. The van der Waals surface area contributed by atoms with Crippen LogP contribution in [0.5, 0.6) is 11.5 Å². The van der Waals surface area contributed by atoms with Gasteiger partial charge in [-0.05, 0) is 25.1 Å². The van der Waals surface area contributed by atoms with Gasteiger partial charge in [-0.15, -0.1) is 11.6 Å². The van der Waals surface area contributed by atoms with E-state index in [-0.39, 0.29) is 0 Å². The molecule has 5 heteroatoms. The van der Waals surface area contributed by atoms with Crippen LogP contribution in [0.1, 0.15) is 11.5 Å². The van der Waals surface area contributed by atoms with Crippen LogP contribution >= 0.6 is 11.6 Å². The second-order valence-corrected chi connectivity index (χ2v) is 3.99. The Morgan fingerprint density at radius 1 is 1.22 bits per heavy atom. The van der Waals surface area contributed by atoms with Crippen LogP contribution in [0.15, 0.2) is 22.6 Å². The van der Waals surface area contributed by atoms with E-state index < -0.39 is 0 Å². The normalized spacial score (nSPS) is 10.4. The van der Waals surface area contributed by atoms with E-state index in [2.05, 4.69) is 4.98 Å². The SMILES string of the molecule is COc1ccc(-c2nc(CCl)c(C)o2)cc1OC. The summed E-state index contributed by atoms with van der Waals surface area (Å²) in [4.78, 5) is 4.33. The van der Waals surface area contributed by atoms with Crippen molar-refractivity contribution in [2.45, 2.75) is 12.8 Å². The van der Waals surface area contributed by atoms with Gasteiger partial charge < -0.3 is 13.9 Å². The van der Waals surface area contributed by atoms with Crippen molar-refractivity contribution in [1.29, 1.82) is 0 Å². The maximum absolute atomic E-state index is 5.77. The fourth-order valence-electron chi connectivity index (χ4n) is 1.64. The van der Waals surface area contributed by atoms with E-state index in [0.717, 1.165) is 17.0 Å². The number of hydrogen-bond donors (Lipinski definition) is 0. The molecular formula is C13H14ClNO3. The molecule has 1 heterocycles. The molecule has 0 aliphatic heterocycles. The second-order valence-electron chi connectivity index (χ2n) is 3.73. The Hall–Kier alpha value is -1.68. The highest BCUT2D eigenvalue weighted by Crippen LogP contribution is 2.32. The highest BCUT2D eigenvalue weighted by Gasteiger charge is 2.13. The minimum atomic E-state index is 0.336. The van der Waals surface area contributed by atoms with E-state index in [1.54, 1.807) is 14.2 Å². The number of benzene rings is 1. The summed E-state index contributed by atoms with van der Waals surface area (Å²) >= 11 is 5.77. The number of nitrogens with zero attached hydrogens (tertiary/aromatic N) is 1. The average Bonchev–Trinajstić information content (AvgIpc) is 2.79. The maximum atomic E-state index is 5.77. The van der Waals surface area contributed by atoms with E-state index >= 15 is 0 Å². The van der Waals surface area contributed by atoms with Crippen molar-refractivity contribution in [3.8, 4) is 23.0 Å². The van der Waals surface area contributed by atoms with Crippen LogP contribution in [0, 0.1) is 6.92 Å². The van der Waals surface area contributed by atoms with E-state index in [9.17, 15) is 0 Å². The van der Waals surface area contributed by atoms with Crippen molar-refractivity contribution in [3.05, 3.63) is 29.7 Å². The van der Waals surface area contributed by atoms with Crippen molar-refractivity contribution in [2.24, 2.45) is 0 Å². The van der Waals surface area contributed by atoms with Crippen LogP contribution in [0.25, 0.3) is 11.5 Å². The lowest BCUT2D eigenvalue weighted by Crippen LogP contribution is -1.91. The first-order chi connectivity index (χ1) is 8.69. The molecule has 18 heavy (non-hydrogen) atoms. The number of aromatic nitrogens is 1. The molecule has 0 saturated carbocycles. The van der Waals surface area contributed by atoms with Crippen molar-refractivity contribution >= 4 is 11.6 Å². The minimum absolute atomic E-state index is 0.336. The third-order valence-corrected chi connectivity index (χ3v) is 2.90. The molecule has 2 aromatic rings. The smallest absolute Gasteiger partial charge is 0.226 e. The fraction of sp³-hybridized carbons (Fsp3) is 0.308. The van der Waals surface area contributed by atoms with Gasteiger partial charge in [0.25, 0.3) is 0 Å². The Labute approximate surface area is 110 Å². The van der Waals surface area contributed by atoms with Gasteiger partial charge in [-0.25, -0.2) is 4.98 Å². The zero-order valence-electron chi connectivity index (χ0n) is 10.5. The zero-order valence-corrected chi connectivity index (χ0v) is 11.2. The van der Waals surface area contributed by atoms with Gasteiger partial charge in [-0.1, -0.05) is 0 Å².